The summed E-state index contributed by atoms with van der Waals surface area (Å²) in [6.45, 7) is -5.25. The van der Waals surface area contributed by atoms with Crippen LogP contribution in [0.5, 0.6) is 23.0 Å². The van der Waals surface area contributed by atoms with Gasteiger partial charge >= 0.3 is 0 Å². The lowest BCUT2D eigenvalue weighted by atomic mass is 9.34. The molecule has 0 atom stereocenters. The molecular weight excluding hydrogens is 826 g/mol. The number of ether oxygens (including phenoxy) is 2. The molecule has 8 bridgehead atoms. The second kappa shape index (κ2) is 13.8. The highest BCUT2D eigenvalue weighted by molar-refractivity contribution is 6.98. The van der Waals surface area contributed by atoms with Crippen molar-refractivity contribution < 1.29 is 25.9 Å². The van der Waals surface area contributed by atoms with E-state index in [0.717, 1.165) is 93.4 Å². The molecule has 3 nitrogen and oxygen atoms in total. The van der Waals surface area contributed by atoms with E-state index in [2.05, 4.69) is 0 Å². The van der Waals surface area contributed by atoms with Crippen LogP contribution in [0.3, 0.4) is 0 Å². The van der Waals surface area contributed by atoms with E-state index in [1.807, 2.05) is 65.2 Å². The Labute approximate surface area is 417 Å². The van der Waals surface area contributed by atoms with Gasteiger partial charge in [-0.2, -0.15) is 0 Å². The molecule has 334 valence electrons. The molecule has 7 aromatic carbocycles. The van der Waals surface area contributed by atoms with Gasteiger partial charge in [-0.15, -0.1) is 0 Å². The van der Waals surface area contributed by atoms with Gasteiger partial charge in [-0.3, -0.25) is 0 Å². The number of fused-ring (bicyclic) bond motifs is 7. The molecule has 8 fully saturated rings. The Bertz CT molecular complexity index is 3740. The molecule has 8 aromatic rings. The number of nitrogens with zero attached hydrogens (tertiary/aromatic N) is 1. The zero-order valence-corrected chi connectivity index (χ0v) is 38.0. The van der Waals surface area contributed by atoms with Crippen molar-refractivity contribution in [1.82, 2.24) is 4.57 Å². The molecule has 1 aromatic heterocycles. The van der Waals surface area contributed by atoms with Crippen LogP contribution < -0.4 is 25.9 Å². The Morgan fingerprint density at radius 1 is 0.515 bits per heavy atom. The Balaban J connectivity index is 0.977. The lowest BCUT2D eigenvalue weighted by Crippen LogP contribution is -2.57. The highest BCUT2D eigenvalue weighted by atomic mass is 16.5. The number of aromatic nitrogens is 1. The SMILES string of the molecule is [2H]c1c(C23CC4CC(CC(C4)C2)C3)c([2H])c2c(c1[2H])c1c([2H])c([2H])c(C34CC5CC(CC(C5)C3)C4)c([2H])c1n2-c1cc2c3c(c1)Oc1cc(-c4ccccc4C([2H])([2H])[2H])ccc1B3c1ccc(-c3ccccc3C([2H])([2H])[2H])cc1O2. The third-order valence-corrected chi connectivity index (χ3v) is 18.6. The topological polar surface area (TPSA) is 23.4 Å². The van der Waals surface area contributed by atoms with Crippen molar-refractivity contribution in [3.63, 3.8) is 0 Å². The first kappa shape index (κ1) is 29.1. The van der Waals surface area contributed by atoms with E-state index >= 15 is 0 Å². The predicted molar refractivity (Wildman–Crippen MR) is 279 cm³/mol. The second-order valence-electron chi connectivity index (χ2n) is 22.8. The number of rotatable bonds is 5. The Morgan fingerprint density at radius 2 is 0.941 bits per heavy atom. The molecule has 0 unspecified atom stereocenters. The van der Waals surface area contributed by atoms with Gasteiger partial charge < -0.3 is 14.0 Å². The lowest BCUT2D eigenvalue weighted by molar-refractivity contribution is -0.00524. The van der Waals surface area contributed by atoms with Gasteiger partial charge in [-0.1, -0.05) is 97.0 Å². The summed E-state index contributed by atoms with van der Waals surface area (Å²) in [5.74, 6) is 4.82. The van der Waals surface area contributed by atoms with Crippen molar-refractivity contribution in [2.45, 2.75) is 102 Å². The Morgan fingerprint density at radius 3 is 1.37 bits per heavy atom. The Hall–Kier alpha value is -6.00. The maximum absolute atomic E-state index is 10.6. The molecule has 0 radical (unpaired) electrons. The molecule has 0 amide bonds. The normalized spacial score (nSPS) is 31.6. The van der Waals surface area contributed by atoms with Crippen molar-refractivity contribution in [2.24, 2.45) is 35.5 Å². The molecule has 18 rings (SSSR count). The highest BCUT2D eigenvalue weighted by Crippen LogP contribution is 2.63. The fourth-order valence-electron chi connectivity index (χ4n) is 16.6. The standard InChI is InChI=1S/C64H58BNO2/c1-37-7-3-5-9-50(37)45-11-17-54-58(25-45)67-60-29-49(30-61-62(60)65(54)55-18-12-46(26-59(55)68-61)51-10-6-4-8-38(51)2)66-56-27-47(63-31-39-19-40(32-63)21-41(20-39)33-63)13-15-52(56)53-16-14-48(28-57(53)66)64-34-42-22-43(35-64)24-44(23-42)36-64/h3-18,25-30,39-44H,19-24,31-36H2,1-2H3/i1D3,2D3,13D,14D,15D,16D,27D,28D. The third kappa shape index (κ3) is 5.55. The smallest absolute Gasteiger partial charge is 0.260 e. The van der Waals surface area contributed by atoms with Crippen LogP contribution in [0.4, 0.5) is 0 Å². The van der Waals surface area contributed by atoms with E-state index in [0.29, 0.717) is 109 Å². The van der Waals surface area contributed by atoms with E-state index in [-0.39, 0.29) is 58.2 Å². The average molecular weight is 896 g/mol. The minimum Gasteiger partial charge on any atom is -0.458 e. The first-order valence-corrected chi connectivity index (χ1v) is 25.4. The molecule has 68 heavy (non-hydrogen) atoms. The fraction of sp³-hybridized carbons (Fsp3) is 0.344. The predicted octanol–water partition coefficient (Wildman–Crippen LogP) is 14.4. The van der Waals surface area contributed by atoms with Crippen molar-refractivity contribution in [2.75, 3.05) is 0 Å². The molecule has 8 aliphatic carbocycles. The molecule has 0 N–H and O–H groups in total. The summed E-state index contributed by atoms with van der Waals surface area (Å²) >= 11 is 0. The van der Waals surface area contributed by atoms with Crippen molar-refractivity contribution >= 4 is 44.9 Å². The van der Waals surface area contributed by atoms with Crippen molar-refractivity contribution in [3.8, 4) is 50.9 Å². The molecule has 0 spiro atoms. The second-order valence-corrected chi connectivity index (χ2v) is 22.8. The van der Waals surface area contributed by atoms with Crippen LogP contribution in [0.25, 0.3) is 49.7 Å². The maximum Gasteiger partial charge on any atom is 0.260 e. The summed E-state index contributed by atoms with van der Waals surface area (Å²) in [7, 11) is 0. The molecular formula is C64H58BNO2. The van der Waals surface area contributed by atoms with Gasteiger partial charge in [0.25, 0.3) is 6.71 Å². The van der Waals surface area contributed by atoms with Gasteiger partial charge in [0.1, 0.15) is 23.0 Å². The average Bonchev–Trinajstić information content (AvgIpc) is 3.83. The zero-order valence-electron chi connectivity index (χ0n) is 50.0. The van der Waals surface area contributed by atoms with Crippen LogP contribution in [-0.2, 0) is 10.8 Å². The summed E-state index contributed by atoms with van der Waals surface area (Å²) in [5, 5.41) is 0.480. The van der Waals surface area contributed by atoms with Gasteiger partial charge in [0, 0.05) is 36.6 Å². The van der Waals surface area contributed by atoms with E-state index < -0.39 is 31.2 Å². The van der Waals surface area contributed by atoms with Gasteiger partial charge in [-0.25, -0.2) is 0 Å². The quantitative estimate of drug-likeness (QED) is 0.161. The fourth-order valence-corrected chi connectivity index (χ4v) is 16.6. The monoisotopic (exact) mass is 896 g/mol. The largest absolute Gasteiger partial charge is 0.458 e. The maximum atomic E-state index is 10.6. The van der Waals surface area contributed by atoms with E-state index in [4.69, 9.17) is 17.7 Å². The van der Waals surface area contributed by atoms with Crippen molar-refractivity contribution in [3.05, 3.63) is 156 Å². The highest BCUT2D eigenvalue weighted by Gasteiger charge is 2.53. The lowest BCUT2D eigenvalue weighted by Gasteiger charge is -2.57. The van der Waals surface area contributed by atoms with Gasteiger partial charge in [0.05, 0.1) is 24.9 Å². The number of aryl methyl sites for hydroxylation is 2. The first-order chi connectivity index (χ1) is 38.3. The summed E-state index contributed by atoms with van der Waals surface area (Å²) < 4.78 is 128. The van der Waals surface area contributed by atoms with E-state index in [9.17, 15) is 8.22 Å². The van der Waals surface area contributed by atoms with E-state index in [1.54, 1.807) is 36.4 Å². The summed E-state index contributed by atoms with van der Waals surface area (Å²) in [5.41, 5.74) is 6.60. The van der Waals surface area contributed by atoms with Crippen molar-refractivity contribution in [1.29, 1.82) is 0 Å². The molecule has 2 aliphatic heterocycles. The first-order valence-electron chi connectivity index (χ1n) is 31.4. The molecule has 0 saturated heterocycles. The number of hydrogen-bond acceptors (Lipinski definition) is 2. The van der Waals surface area contributed by atoms with Gasteiger partial charge in [-0.05, 0) is 217 Å². The molecule has 4 heteroatoms. The Kier molecular flexibility index (Phi) is 5.93. The van der Waals surface area contributed by atoms with Crippen LogP contribution in [0.2, 0.25) is 0 Å². The summed E-state index contributed by atoms with van der Waals surface area (Å²) in [4.78, 5) is 0. The number of hydrogen-bond donors (Lipinski definition) is 0. The van der Waals surface area contributed by atoms with E-state index in [1.165, 1.54) is 0 Å². The van der Waals surface area contributed by atoms with Crippen LogP contribution in [0.1, 0.15) is 116 Å². The molecule has 3 heterocycles. The minimum absolute atomic E-state index is 0.0149. The van der Waals surface area contributed by atoms with Crippen LogP contribution in [0.15, 0.2) is 133 Å². The summed E-state index contributed by atoms with van der Waals surface area (Å²) in [6, 6.07) is 29.5. The zero-order chi connectivity index (χ0) is 54.8. The van der Waals surface area contributed by atoms with Gasteiger partial charge in [0.15, 0.2) is 0 Å². The molecule has 8 saturated carbocycles. The summed E-state index contributed by atoms with van der Waals surface area (Å²) in [6.07, 6.45) is 12.1. The third-order valence-electron chi connectivity index (χ3n) is 18.6. The van der Waals surface area contributed by atoms with Crippen LogP contribution in [0, 0.1) is 49.2 Å². The van der Waals surface area contributed by atoms with Crippen LogP contribution >= 0.6 is 0 Å². The van der Waals surface area contributed by atoms with Crippen LogP contribution in [-0.4, -0.2) is 11.3 Å². The minimum atomic E-state index is -2.39. The number of benzene rings is 7. The van der Waals surface area contributed by atoms with Gasteiger partial charge in [0.2, 0.25) is 0 Å². The molecule has 10 aliphatic rings.